The van der Waals surface area contributed by atoms with Crippen molar-refractivity contribution in [3.05, 3.63) is 146 Å². The maximum atomic E-state index is 13.5. The van der Waals surface area contributed by atoms with Crippen LogP contribution in [0.2, 0.25) is 0 Å². The molecule has 0 aliphatic carbocycles. The van der Waals surface area contributed by atoms with E-state index in [1.54, 1.807) is 41.7 Å². The first kappa shape index (κ1) is 40.8. The summed E-state index contributed by atoms with van der Waals surface area (Å²) in [5, 5.41) is 32.9. The van der Waals surface area contributed by atoms with Crippen LogP contribution in [-0.2, 0) is 32.7 Å². The van der Waals surface area contributed by atoms with Crippen molar-refractivity contribution in [1.29, 1.82) is 5.26 Å². The SMILES string of the molecule is COC(=O)C[C@@H]1N=C(c2ccc(-c3ccc(C(=O)NCc4ccc(S(=O)(=O)Nc5ccc(C)c6c(C#N)c[nH]c56)cc4CO)cc3)cc2)c2c(sc(C)c2C)-n2c(C)nnc21. The molecule has 0 saturated heterocycles. The number of aliphatic hydroxyl groups excluding tert-OH is 1. The maximum absolute atomic E-state index is 13.5. The molecule has 0 saturated carbocycles. The van der Waals surface area contributed by atoms with E-state index in [0.29, 0.717) is 44.8 Å². The molecule has 4 heterocycles. The van der Waals surface area contributed by atoms with E-state index in [0.717, 1.165) is 49.0 Å². The van der Waals surface area contributed by atoms with E-state index in [9.17, 15) is 28.4 Å². The fraction of sp³-hybridized carbons (Fsp3) is 0.200. The third-order valence-electron chi connectivity index (χ3n) is 11.0. The minimum Gasteiger partial charge on any atom is -0.469 e. The number of rotatable bonds is 11. The van der Waals surface area contributed by atoms with Gasteiger partial charge in [-0.2, -0.15) is 5.26 Å². The Morgan fingerprint density at radius 2 is 1.66 bits per heavy atom. The van der Waals surface area contributed by atoms with Crippen LogP contribution in [-0.4, -0.2) is 58.0 Å². The molecule has 7 aromatic rings. The molecule has 16 heteroatoms. The molecule has 0 radical (unpaired) electrons. The summed E-state index contributed by atoms with van der Waals surface area (Å²) in [6.07, 6.45) is 1.55. The molecule has 1 amide bonds. The molecule has 0 fully saturated rings. The summed E-state index contributed by atoms with van der Waals surface area (Å²) in [7, 11) is -2.73. The number of aliphatic hydroxyl groups is 1. The van der Waals surface area contributed by atoms with Crippen molar-refractivity contribution in [2.75, 3.05) is 11.8 Å². The number of methoxy groups -OCH3 is 1. The average molecular weight is 853 g/mol. The Morgan fingerprint density at radius 3 is 2.34 bits per heavy atom. The number of esters is 1. The lowest BCUT2D eigenvalue weighted by atomic mass is 9.96. The zero-order valence-corrected chi connectivity index (χ0v) is 35.5. The Morgan fingerprint density at radius 1 is 0.951 bits per heavy atom. The summed E-state index contributed by atoms with van der Waals surface area (Å²) in [4.78, 5) is 35.0. The Bertz CT molecular complexity index is 3070. The minimum absolute atomic E-state index is 0.0136. The van der Waals surface area contributed by atoms with Gasteiger partial charge in [0.2, 0.25) is 0 Å². The first-order valence-corrected chi connectivity index (χ1v) is 21.5. The highest BCUT2D eigenvalue weighted by molar-refractivity contribution is 7.92. The van der Waals surface area contributed by atoms with E-state index in [2.05, 4.69) is 45.1 Å². The van der Waals surface area contributed by atoms with Crippen LogP contribution in [0.5, 0.6) is 0 Å². The summed E-state index contributed by atoms with van der Waals surface area (Å²) in [6.45, 7) is 7.48. The van der Waals surface area contributed by atoms with Gasteiger partial charge >= 0.3 is 5.97 Å². The van der Waals surface area contributed by atoms with Crippen molar-refractivity contribution in [1.82, 2.24) is 25.1 Å². The fourth-order valence-electron chi connectivity index (χ4n) is 7.56. The van der Waals surface area contributed by atoms with E-state index in [-0.39, 0.29) is 29.5 Å². The normalized spacial score (nSPS) is 13.5. The van der Waals surface area contributed by atoms with E-state index in [1.807, 2.05) is 54.8 Å². The lowest BCUT2D eigenvalue weighted by Crippen LogP contribution is -2.23. The molecule has 3 aromatic heterocycles. The lowest BCUT2D eigenvalue weighted by molar-refractivity contribution is -0.141. The van der Waals surface area contributed by atoms with Crippen molar-refractivity contribution in [2.24, 2.45) is 4.99 Å². The van der Waals surface area contributed by atoms with Crippen LogP contribution in [0.1, 0.15) is 78.3 Å². The van der Waals surface area contributed by atoms with Crippen LogP contribution < -0.4 is 10.0 Å². The van der Waals surface area contributed by atoms with Gasteiger partial charge < -0.3 is 20.1 Å². The first-order chi connectivity index (χ1) is 29.3. The molecule has 0 unspecified atom stereocenters. The topological polar surface area (TPSA) is 204 Å². The van der Waals surface area contributed by atoms with Gasteiger partial charge in [-0.3, -0.25) is 23.9 Å². The Labute approximate surface area is 355 Å². The molecule has 61 heavy (non-hydrogen) atoms. The van der Waals surface area contributed by atoms with Crippen molar-refractivity contribution >= 4 is 55.5 Å². The van der Waals surface area contributed by atoms with Gasteiger partial charge in [-0.15, -0.1) is 21.5 Å². The highest BCUT2D eigenvalue weighted by Gasteiger charge is 2.32. The standard InChI is InChI=1S/C45H40N8O6S2/c1-24-6-17-36(42-39(24)34(20-46)22-47-42)52-61(57,58)35-16-15-32(33(18-35)23-54)21-48-44(56)31-13-9-29(10-14-31)28-7-11-30(12-8-28)41-40-25(2)26(3)60-45(40)53-27(4)50-51-43(53)37(49-41)19-38(55)59-5/h6-18,22,37,47,52,54H,19,21,23H2,1-5H3,(H,48,56)/t37-/m0/s1. The molecule has 8 rings (SSSR count). The largest absolute Gasteiger partial charge is 0.469 e. The van der Waals surface area contributed by atoms with Crippen molar-refractivity contribution < 1.29 is 27.9 Å². The van der Waals surface area contributed by atoms with Crippen molar-refractivity contribution in [3.63, 3.8) is 0 Å². The Kier molecular flexibility index (Phi) is 10.9. The molecule has 0 bridgehead atoms. The van der Waals surface area contributed by atoms with Gasteiger partial charge in [-0.05, 0) is 91.4 Å². The molecule has 0 spiro atoms. The van der Waals surface area contributed by atoms with E-state index >= 15 is 0 Å². The zero-order valence-electron chi connectivity index (χ0n) is 33.8. The molecule has 308 valence electrons. The molecular weight excluding hydrogens is 813 g/mol. The summed E-state index contributed by atoms with van der Waals surface area (Å²) < 4.78 is 36.5. The molecule has 1 atom stereocenters. The van der Waals surface area contributed by atoms with Gasteiger partial charge in [-0.25, -0.2) is 8.42 Å². The fourth-order valence-corrected chi connectivity index (χ4v) is 9.90. The van der Waals surface area contributed by atoms with E-state index in [4.69, 9.17) is 9.73 Å². The third-order valence-corrected chi connectivity index (χ3v) is 13.5. The van der Waals surface area contributed by atoms with Gasteiger partial charge in [0.15, 0.2) is 5.82 Å². The smallest absolute Gasteiger partial charge is 0.308 e. The Balaban J connectivity index is 0.969. The number of thiophene rings is 1. The molecule has 14 nitrogen and oxygen atoms in total. The van der Waals surface area contributed by atoms with Gasteiger partial charge in [0.05, 0.1) is 47.5 Å². The van der Waals surface area contributed by atoms with Crippen molar-refractivity contribution in [2.45, 2.75) is 58.2 Å². The number of carbonyl (C=O) groups is 2. The number of carbonyl (C=O) groups excluding carboxylic acids is 2. The monoisotopic (exact) mass is 852 g/mol. The summed E-state index contributed by atoms with van der Waals surface area (Å²) in [6, 6.07) is 24.4. The number of benzene rings is 4. The van der Waals surface area contributed by atoms with Gasteiger partial charge in [0, 0.05) is 39.7 Å². The van der Waals surface area contributed by atoms with Crippen LogP contribution in [0, 0.1) is 39.0 Å². The van der Waals surface area contributed by atoms with Crippen LogP contribution in [0.4, 0.5) is 5.69 Å². The summed E-state index contributed by atoms with van der Waals surface area (Å²) in [5.74, 6) is 0.553. The number of hydrogen-bond acceptors (Lipinski definition) is 11. The molecule has 4 aromatic carbocycles. The number of aromatic nitrogens is 4. The highest BCUT2D eigenvalue weighted by Crippen LogP contribution is 2.40. The van der Waals surface area contributed by atoms with E-state index < -0.39 is 28.6 Å². The number of nitrogens with zero attached hydrogens (tertiary/aromatic N) is 5. The number of ether oxygens (including phenoxy) is 1. The van der Waals surface area contributed by atoms with Crippen LogP contribution in [0.15, 0.2) is 94.9 Å². The quantitative estimate of drug-likeness (QED) is 0.0966. The van der Waals surface area contributed by atoms with Crippen molar-refractivity contribution in [3.8, 4) is 22.2 Å². The summed E-state index contributed by atoms with van der Waals surface area (Å²) in [5.41, 5.74) is 8.83. The number of fused-ring (bicyclic) bond motifs is 4. The first-order valence-electron chi connectivity index (χ1n) is 19.2. The van der Waals surface area contributed by atoms with Crippen LogP contribution in [0.3, 0.4) is 0 Å². The second-order valence-corrected chi connectivity index (χ2v) is 17.6. The molecule has 4 N–H and O–H groups in total. The number of aryl methyl sites for hydroxylation is 3. The number of nitriles is 1. The molecule has 1 aliphatic rings. The number of nitrogens with one attached hydrogen (secondary N) is 3. The van der Waals surface area contributed by atoms with E-state index in [1.165, 1.54) is 25.4 Å². The van der Waals surface area contributed by atoms with Gasteiger partial charge in [0.25, 0.3) is 15.9 Å². The molecule has 1 aliphatic heterocycles. The van der Waals surface area contributed by atoms with Crippen LogP contribution in [0.25, 0.3) is 27.0 Å². The Hall–Kier alpha value is -6.93. The number of anilines is 1. The zero-order chi connectivity index (χ0) is 43.2. The molecular formula is C45H40N8O6S2. The number of hydrogen-bond donors (Lipinski definition) is 4. The lowest BCUT2D eigenvalue weighted by Gasteiger charge is -2.14. The number of aromatic amines is 1. The third kappa shape index (κ3) is 7.59. The van der Waals surface area contributed by atoms with Gasteiger partial charge in [-0.1, -0.05) is 48.5 Å². The number of sulfonamides is 1. The second kappa shape index (κ2) is 16.3. The number of aliphatic imine (C=N–C) groups is 1. The maximum Gasteiger partial charge on any atom is 0.308 e. The summed E-state index contributed by atoms with van der Waals surface area (Å²) >= 11 is 1.64. The predicted molar refractivity (Wildman–Crippen MR) is 232 cm³/mol. The van der Waals surface area contributed by atoms with Crippen LogP contribution >= 0.6 is 11.3 Å². The van der Waals surface area contributed by atoms with Gasteiger partial charge in [0.1, 0.15) is 22.9 Å². The second-order valence-electron chi connectivity index (χ2n) is 14.7. The average Bonchev–Trinajstić information content (AvgIpc) is 3.94. The number of H-pyrrole nitrogens is 1. The number of amides is 1. The highest BCUT2D eigenvalue weighted by atomic mass is 32.2. The minimum atomic E-state index is -4.08. The predicted octanol–water partition coefficient (Wildman–Crippen LogP) is 7.26.